The lowest BCUT2D eigenvalue weighted by molar-refractivity contribution is 0.0958. The average molecular weight is 490 g/mol. The van der Waals surface area contributed by atoms with Crippen LogP contribution in [-0.4, -0.2) is 32.1 Å². The standard InChI is InChI=1S/C25H23FN6O4/c1-3-31-24(34)30-23(32(25(31)35)15-16-4-6-17(26)7-5-16)29-18-8-10-19(11-9-18)36-20-12-13-28-21(14-20)22(33)27-2/h4-14H,3,15H2,1-2H3,(H,27,33)(H,29,30,34). The third-order valence-corrected chi connectivity index (χ3v) is 5.26. The lowest BCUT2D eigenvalue weighted by atomic mass is 10.2. The number of anilines is 2. The molecule has 2 aromatic carbocycles. The molecule has 36 heavy (non-hydrogen) atoms. The molecule has 0 spiro atoms. The molecule has 2 heterocycles. The van der Waals surface area contributed by atoms with Gasteiger partial charge in [0.1, 0.15) is 23.0 Å². The maximum atomic E-state index is 13.3. The Balaban J connectivity index is 1.58. The van der Waals surface area contributed by atoms with E-state index in [0.29, 0.717) is 22.7 Å². The molecule has 0 aliphatic carbocycles. The quantitative estimate of drug-likeness (QED) is 0.390. The van der Waals surface area contributed by atoms with Crippen molar-refractivity contribution in [3.8, 4) is 11.5 Å². The predicted octanol–water partition coefficient (Wildman–Crippen LogP) is 2.90. The molecule has 0 aliphatic heterocycles. The van der Waals surface area contributed by atoms with E-state index < -0.39 is 11.4 Å². The Morgan fingerprint density at radius 3 is 2.39 bits per heavy atom. The fraction of sp³-hybridized carbons (Fsp3) is 0.160. The maximum Gasteiger partial charge on any atom is 0.354 e. The highest BCUT2D eigenvalue weighted by atomic mass is 19.1. The molecule has 0 atom stereocenters. The summed E-state index contributed by atoms with van der Waals surface area (Å²) in [6, 6.07) is 15.6. The third-order valence-electron chi connectivity index (χ3n) is 5.26. The summed E-state index contributed by atoms with van der Waals surface area (Å²) < 4.78 is 21.5. The number of rotatable bonds is 8. The molecule has 10 nitrogen and oxygen atoms in total. The van der Waals surface area contributed by atoms with Crippen molar-refractivity contribution in [3.05, 3.63) is 105 Å². The molecule has 0 aliphatic rings. The van der Waals surface area contributed by atoms with E-state index in [1.165, 1.54) is 36.0 Å². The molecule has 0 fully saturated rings. The van der Waals surface area contributed by atoms with Crippen LogP contribution in [0, 0.1) is 5.82 Å². The number of hydrogen-bond donors (Lipinski definition) is 2. The Hall–Kier alpha value is -4.80. The van der Waals surface area contributed by atoms with Gasteiger partial charge in [0.25, 0.3) is 5.91 Å². The lowest BCUT2D eigenvalue weighted by Crippen LogP contribution is -2.42. The fourth-order valence-electron chi connectivity index (χ4n) is 3.41. The van der Waals surface area contributed by atoms with E-state index in [0.717, 1.165) is 4.57 Å². The second-order valence-electron chi connectivity index (χ2n) is 7.66. The highest BCUT2D eigenvalue weighted by Crippen LogP contribution is 2.24. The molecule has 2 aromatic heterocycles. The largest absolute Gasteiger partial charge is 0.457 e. The first-order valence-corrected chi connectivity index (χ1v) is 11.1. The van der Waals surface area contributed by atoms with Gasteiger partial charge in [0.05, 0.1) is 6.54 Å². The van der Waals surface area contributed by atoms with Crippen molar-refractivity contribution < 1.29 is 13.9 Å². The van der Waals surface area contributed by atoms with Gasteiger partial charge in [-0.25, -0.2) is 18.5 Å². The number of pyridine rings is 1. The Morgan fingerprint density at radius 1 is 1.00 bits per heavy atom. The topological polar surface area (TPSA) is 120 Å². The summed E-state index contributed by atoms with van der Waals surface area (Å²) in [5.74, 6) is 0.260. The Bertz CT molecular complexity index is 1500. The van der Waals surface area contributed by atoms with Gasteiger partial charge >= 0.3 is 11.4 Å². The van der Waals surface area contributed by atoms with Crippen molar-refractivity contribution in [2.24, 2.45) is 0 Å². The molecule has 4 rings (SSSR count). The summed E-state index contributed by atoms with van der Waals surface area (Å²) in [6.45, 7) is 1.93. The van der Waals surface area contributed by atoms with Crippen LogP contribution in [0.3, 0.4) is 0 Å². The molecule has 0 bridgehead atoms. The lowest BCUT2D eigenvalue weighted by Gasteiger charge is -2.15. The molecular formula is C25H23FN6O4. The number of halogens is 1. The van der Waals surface area contributed by atoms with Gasteiger partial charge in [-0.05, 0) is 55.0 Å². The van der Waals surface area contributed by atoms with Crippen molar-refractivity contribution in [1.82, 2.24) is 24.4 Å². The van der Waals surface area contributed by atoms with E-state index in [-0.39, 0.29) is 36.5 Å². The van der Waals surface area contributed by atoms with Gasteiger partial charge < -0.3 is 15.4 Å². The number of carbonyl (C=O) groups excluding carboxylic acids is 1. The Labute approximate surface area is 205 Å². The van der Waals surface area contributed by atoms with E-state index >= 15 is 0 Å². The molecule has 0 saturated heterocycles. The number of nitrogens with zero attached hydrogens (tertiary/aromatic N) is 4. The van der Waals surface area contributed by atoms with E-state index in [2.05, 4.69) is 20.6 Å². The number of benzene rings is 2. The van der Waals surface area contributed by atoms with Gasteiger partial charge in [0, 0.05) is 31.5 Å². The van der Waals surface area contributed by atoms with E-state index in [1.807, 2.05) is 0 Å². The van der Waals surface area contributed by atoms with Crippen LogP contribution in [0.2, 0.25) is 0 Å². The number of aromatic nitrogens is 4. The first kappa shape index (κ1) is 24.3. The Kier molecular flexibility index (Phi) is 7.19. The summed E-state index contributed by atoms with van der Waals surface area (Å²) >= 11 is 0. The SMILES string of the molecule is CCn1c(=O)nc(Nc2ccc(Oc3ccnc(C(=O)NC)c3)cc2)n(Cc2ccc(F)cc2)c1=O. The summed E-state index contributed by atoms with van der Waals surface area (Å²) in [7, 11) is 1.52. The Morgan fingerprint density at radius 2 is 1.72 bits per heavy atom. The summed E-state index contributed by atoms with van der Waals surface area (Å²) in [6.07, 6.45) is 1.47. The molecule has 0 radical (unpaired) electrons. The van der Waals surface area contributed by atoms with Crippen LogP contribution in [-0.2, 0) is 13.1 Å². The van der Waals surface area contributed by atoms with Gasteiger partial charge in [-0.2, -0.15) is 4.98 Å². The number of carbonyl (C=O) groups is 1. The van der Waals surface area contributed by atoms with Gasteiger partial charge in [-0.3, -0.25) is 14.3 Å². The van der Waals surface area contributed by atoms with Crippen molar-refractivity contribution >= 4 is 17.5 Å². The zero-order valence-electron chi connectivity index (χ0n) is 19.6. The van der Waals surface area contributed by atoms with E-state index in [1.54, 1.807) is 49.4 Å². The molecule has 0 unspecified atom stereocenters. The van der Waals surface area contributed by atoms with E-state index in [4.69, 9.17) is 4.74 Å². The molecule has 11 heteroatoms. The maximum absolute atomic E-state index is 13.3. The van der Waals surface area contributed by atoms with Gasteiger partial charge in [0.2, 0.25) is 5.95 Å². The van der Waals surface area contributed by atoms with Crippen LogP contribution in [0.4, 0.5) is 16.0 Å². The van der Waals surface area contributed by atoms with Crippen LogP contribution in [0.25, 0.3) is 0 Å². The van der Waals surface area contributed by atoms with Crippen LogP contribution in [0.15, 0.2) is 76.4 Å². The number of ether oxygens (including phenoxy) is 1. The molecule has 4 aromatic rings. The molecular weight excluding hydrogens is 467 g/mol. The van der Waals surface area contributed by atoms with Crippen LogP contribution in [0.1, 0.15) is 23.0 Å². The first-order valence-electron chi connectivity index (χ1n) is 11.1. The van der Waals surface area contributed by atoms with Crippen molar-refractivity contribution in [1.29, 1.82) is 0 Å². The van der Waals surface area contributed by atoms with Gasteiger partial charge in [0.15, 0.2) is 0 Å². The van der Waals surface area contributed by atoms with Crippen molar-refractivity contribution in [3.63, 3.8) is 0 Å². The van der Waals surface area contributed by atoms with Gasteiger partial charge in [-0.15, -0.1) is 0 Å². The molecule has 0 saturated carbocycles. The fourth-order valence-corrected chi connectivity index (χ4v) is 3.41. The summed E-state index contributed by atoms with van der Waals surface area (Å²) in [5.41, 5.74) is 0.234. The number of amides is 1. The number of hydrogen-bond acceptors (Lipinski definition) is 7. The second-order valence-corrected chi connectivity index (χ2v) is 7.66. The van der Waals surface area contributed by atoms with Crippen molar-refractivity contribution in [2.45, 2.75) is 20.0 Å². The smallest absolute Gasteiger partial charge is 0.354 e. The highest BCUT2D eigenvalue weighted by molar-refractivity contribution is 5.92. The van der Waals surface area contributed by atoms with Crippen LogP contribution < -0.4 is 26.7 Å². The highest BCUT2D eigenvalue weighted by Gasteiger charge is 2.14. The average Bonchev–Trinajstić information content (AvgIpc) is 2.88. The normalized spacial score (nSPS) is 10.6. The van der Waals surface area contributed by atoms with E-state index in [9.17, 15) is 18.8 Å². The zero-order chi connectivity index (χ0) is 25.7. The first-order chi connectivity index (χ1) is 17.4. The summed E-state index contributed by atoms with van der Waals surface area (Å²) in [5, 5.41) is 5.51. The minimum atomic E-state index is -0.676. The van der Waals surface area contributed by atoms with Gasteiger partial charge in [-0.1, -0.05) is 12.1 Å². The molecule has 1 amide bonds. The van der Waals surface area contributed by atoms with Crippen LogP contribution in [0.5, 0.6) is 11.5 Å². The second kappa shape index (κ2) is 10.6. The third kappa shape index (κ3) is 5.46. The van der Waals surface area contributed by atoms with Crippen molar-refractivity contribution in [2.75, 3.05) is 12.4 Å². The predicted molar refractivity (Wildman–Crippen MR) is 131 cm³/mol. The molecule has 2 N–H and O–H groups in total. The van der Waals surface area contributed by atoms with Crippen LogP contribution >= 0.6 is 0 Å². The zero-order valence-corrected chi connectivity index (χ0v) is 19.6. The summed E-state index contributed by atoms with van der Waals surface area (Å²) in [4.78, 5) is 45.2. The molecule has 184 valence electrons. The monoisotopic (exact) mass is 490 g/mol. The minimum Gasteiger partial charge on any atom is -0.457 e. The minimum absolute atomic E-state index is 0.0528. The number of nitrogens with one attached hydrogen (secondary N) is 2.